The molecule has 2 aromatic heterocycles. The lowest BCUT2D eigenvalue weighted by molar-refractivity contribution is -0.0221. The Labute approximate surface area is 231 Å². The molecule has 1 saturated carbocycles. The summed E-state index contributed by atoms with van der Waals surface area (Å²) in [5.74, 6) is -2.11. The van der Waals surface area contributed by atoms with Gasteiger partial charge in [0.2, 0.25) is 10.0 Å². The highest BCUT2D eigenvalue weighted by atomic mass is 32.2. The van der Waals surface area contributed by atoms with Gasteiger partial charge in [0.05, 0.1) is 36.6 Å². The lowest BCUT2D eigenvalue weighted by Gasteiger charge is -2.35. The number of sulfonamides is 1. The maximum absolute atomic E-state index is 13.6. The first kappa shape index (κ1) is 26.8. The zero-order valence-corrected chi connectivity index (χ0v) is 22.8. The standard InChI is InChI=1S/C26H32F2N8O3S/c27-26(28)7-11-35(12-8-26)23-16-29-17-24(30-23)36-18-21(31-33-36)20-2-1-19(32-40(38,39)14-13-37)15-22(20)34-9-5-25(3-4-25)6-10-34/h1-2,15-18,32,37H,3-14H2. The van der Waals surface area contributed by atoms with E-state index in [-0.39, 0.29) is 31.7 Å². The molecule has 2 N–H and O–H groups in total. The molecule has 214 valence electrons. The summed E-state index contributed by atoms with van der Waals surface area (Å²) in [5.41, 5.74) is 3.10. The lowest BCUT2D eigenvalue weighted by atomic mass is 9.93. The predicted molar refractivity (Wildman–Crippen MR) is 146 cm³/mol. The normalized spacial score (nSPS) is 20.1. The highest BCUT2D eigenvalue weighted by Crippen LogP contribution is 2.54. The minimum Gasteiger partial charge on any atom is -0.395 e. The molecule has 0 atom stereocenters. The number of alkyl halides is 2. The van der Waals surface area contributed by atoms with Crippen LogP contribution in [0.1, 0.15) is 38.5 Å². The molecule has 4 heterocycles. The highest BCUT2D eigenvalue weighted by molar-refractivity contribution is 7.92. The molecule has 1 spiro atoms. The van der Waals surface area contributed by atoms with Gasteiger partial charge in [0.25, 0.3) is 5.92 Å². The van der Waals surface area contributed by atoms with Crippen molar-refractivity contribution in [2.45, 2.75) is 44.4 Å². The van der Waals surface area contributed by atoms with Crippen LogP contribution in [-0.2, 0) is 10.0 Å². The first-order chi connectivity index (χ1) is 19.1. The summed E-state index contributed by atoms with van der Waals surface area (Å²) in [7, 11) is -3.68. The molecule has 2 aliphatic heterocycles. The van der Waals surface area contributed by atoms with E-state index < -0.39 is 22.6 Å². The molecule has 3 aromatic rings. The van der Waals surface area contributed by atoms with E-state index >= 15 is 0 Å². The lowest BCUT2D eigenvalue weighted by Crippen LogP contribution is -2.39. The van der Waals surface area contributed by atoms with Crippen LogP contribution in [0.4, 0.5) is 26.0 Å². The smallest absolute Gasteiger partial charge is 0.251 e. The van der Waals surface area contributed by atoms with Crippen molar-refractivity contribution < 1.29 is 22.3 Å². The van der Waals surface area contributed by atoms with Gasteiger partial charge < -0.3 is 14.9 Å². The van der Waals surface area contributed by atoms with Crippen molar-refractivity contribution in [1.29, 1.82) is 0 Å². The van der Waals surface area contributed by atoms with Gasteiger partial charge in [-0.05, 0) is 49.3 Å². The van der Waals surface area contributed by atoms with Crippen molar-refractivity contribution >= 4 is 27.2 Å². The average molecular weight is 575 g/mol. The Hall–Kier alpha value is -3.39. The van der Waals surface area contributed by atoms with Crippen LogP contribution in [0.2, 0.25) is 0 Å². The Morgan fingerprint density at radius 3 is 2.35 bits per heavy atom. The van der Waals surface area contributed by atoms with E-state index in [2.05, 4.69) is 29.9 Å². The maximum atomic E-state index is 13.6. The van der Waals surface area contributed by atoms with Gasteiger partial charge >= 0.3 is 0 Å². The van der Waals surface area contributed by atoms with E-state index in [1.165, 1.54) is 17.5 Å². The van der Waals surface area contributed by atoms with Gasteiger partial charge in [-0.15, -0.1) is 5.10 Å². The van der Waals surface area contributed by atoms with Gasteiger partial charge in [-0.25, -0.2) is 26.9 Å². The molecule has 0 amide bonds. The van der Waals surface area contributed by atoms with E-state index in [4.69, 9.17) is 5.11 Å². The highest BCUT2D eigenvalue weighted by Gasteiger charge is 2.44. The van der Waals surface area contributed by atoms with Gasteiger partial charge in [0.15, 0.2) is 5.82 Å². The number of hydrogen-bond acceptors (Lipinski definition) is 9. The number of aliphatic hydroxyl groups excluding tert-OH is 1. The molecule has 6 rings (SSSR count). The summed E-state index contributed by atoms with van der Waals surface area (Å²) in [6.45, 7) is 1.64. The Kier molecular flexibility index (Phi) is 6.85. The average Bonchev–Trinajstić information content (AvgIpc) is 3.49. The SMILES string of the molecule is O=S(=O)(CCO)Nc1ccc(-c2cn(-c3cncc(N4CCC(F)(F)CC4)n3)nn2)c(N2CCC3(CC2)CC3)c1. The molecule has 1 aliphatic carbocycles. The van der Waals surface area contributed by atoms with Gasteiger partial charge in [0, 0.05) is 50.3 Å². The van der Waals surface area contributed by atoms with Crippen molar-refractivity contribution in [2.24, 2.45) is 5.41 Å². The molecule has 2 saturated heterocycles. The maximum Gasteiger partial charge on any atom is 0.251 e. The number of nitrogens with one attached hydrogen (secondary N) is 1. The number of piperidine rings is 2. The number of rotatable bonds is 8. The molecule has 0 bridgehead atoms. The summed E-state index contributed by atoms with van der Waals surface area (Å²) in [6.07, 6.45) is 9.10. The third kappa shape index (κ3) is 5.73. The second-order valence-corrected chi connectivity index (χ2v) is 12.8. The number of aromatic nitrogens is 5. The summed E-state index contributed by atoms with van der Waals surface area (Å²) in [5, 5.41) is 17.8. The molecule has 3 fully saturated rings. The number of hydrogen-bond donors (Lipinski definition) is 2. The van der Waals surface area contributed by atoms with Crippen LogP contribution in [0.25, 0.3) is 17.1 Å². The van der Waals surface area contributed by atoms with Crippen molar-refractivity contribution in [1.82, 2.24) is 25.0 Å². The molecule has 0 radical (unpaired) electrons. The number of aliphatic hydroxyl groups is 1. The van der Waals surface area contributed by atoms with Crippen LogP contribution in [0, 0.1) is 5.41 Å². The molecule has 1 aromatic carbocycles. The van der Waals surface area contributed by atoms with Crippen LogP contribution in [0.3, 0.4) is 0 Å². The summed E-state index contributed by atoms with van der Waals surface area (Å²) >= 11 is 0. The van der Waals surface area contributed by atoms with E-state index in [9.17, 15) is 17.2 Å². The van der Waals surface area contributed by atoms with Gasteiger partial charge in [-0.1, -0.05) is 5.21 Å². The number of nitrogens with zero attached hydrogens (tertiary/aromatic N) is 7. The second-order valence-electron chi connectivity index (χ2n) is 11.0. The van der Waals surface area contributed by atoms with Crippen LogP contribution in [-0.4, -0.2) is 82.9 Å². The minimum atomic E-state index is -3.68. The first-order valence-electron chi connectivity index (χ1n) is 13.5. The van der Waals surface area contributed by atoms with Crippen LogP contribution >= 0.6 is 0 Å². The molecular weight excluding hydrogens is 542 g/mol. The minimum absolute atomic E-state index is 0.197. The summed E-state index contributed by atoms with van der Waals surface area (Å²) in [4.78, 5) is 12.9. The second kappa shape index (κ2) is 10.2. The van der Waals surface area contributed by atoms with Crippen molar-refractivity contribution in [3.63, 3.8) is 0 Å². The topological polar surface area (TPSA) is 129 Å². The van der Waals surface area contributed by atoms with E-state index in [1.807, 2.05) is 6.07 Å². The fraction of sp³-hybridized carbons (Fsp3) is 0.538. The van der Waals surface area contributed by atoms with E-state index in [0.29, 0.717) is 28.4 Å². The van der Waals surface area contributed by atoms with Crippen LogP contribution < -0.4 is 14.5 Å². The molecule has 3 aliphatic rings. The Bertz CT molecular complexity index is 1470. The number of halogens is 2. The third-order valence-electron chi connectivity index (χ3n) is 8.19. The van der Waals surface area contributed by atoms with Crippen molar-refractivity contribution in [2.75, 3.05) is 53.1 Å². The Balaban J connectivity index is 1.28. The predicted octanol–water partition coefficient (Wildman–Crippen LogP) is 3.07. The molecule has 40 heavy (non-hydrogen) atoms. The zero-order chi connectivity index (χ0) is 28.0. The Morgan fingerprint density at radius 1 is 0.950 bits per heavy atom. The Morgan fingerprint density at radius 2 is 1.65 bits per heavy atom. The summed E-state index contributed by atoms with van der Waals surface area (Å²) < 4.78 is 55.9. The third-order valence-corrected chi connectivity index (χ3v) is 9.45. The van der Waals surface area contributed by atoms with Crippen LogP contribution in [0.15, 0.2) is 36.8 Å². The number of benzene rings is 1. The van der Waals surface area contributed by atoms with Gasteiger partial charge in [-0.3, -0.25) is 9.71 Å². The van der Waals surface area contributed by atoms with E-state index in [1.54, 1.807) is 35.6 Å². The zero-order valence-electron chi connectivity index (χ0n) is 22.0. The van der Waals surface area contributed by atoms with Crippen molar-refractivity contribution in [3.8, 4) is 17.1 Å². The van der Waals surface area contributed by atoms with Gasteiger partial charge in [-0.2, -0.15) is 0 Å². The summed E-state index contributed by atoms with van der Waals surface area (Å²) in [6, 6.07) is 5.30. The van der Waals surface area contributed by atoms with Gasteiger partial charge in [0.1, 0.15) is 11.5 Å². The molecule has 11 nitrogen and oxygen atoms in total. The molecule has 14 heteroatoms. The van der Waals surface area contributed by atoms with E-state index in [0.717, 1.165) is 37.2 Å². The molecular formula is C26H32F2N8O3S. The van der Waals surface area contributed by atoms with Crippen molar-refractivity contribution in [3.05, 3.63) is 36.8 Å². The molecule has 0 unspecified atom stereocenters. The largest absolute Gasteiger partial charge is 0.395 e. The monoisotopic (exact) mass is 574 g/mol. The number of anilines is 3. The fourth-order valence-electron chi connectivity index (χ4n) is 5.49. The first-order valence-corrected chi connectivity index (χ1v) is 15.2. The quantitative estimate of drug-likeness (QED) is 0.417. The van der Waals surface area contributed by atoms with Crippen LogP contribution in [0.5, 0.6) is 0 Å². The fourth-order valence-corrected chi connectivity index (χ4v) is 6.32.